The Morgan fingerprint density at radius 2 is 2.10 bits per heavy atom. The first-order valence-electron chi connectivity index (χ1n) is 8.01. The average Bonchev–Trinajstić information content (AvgIpc) is 3.12. The second-order valence-corrected chi connectivity index (χ2v) is 6.48. The molecule has 116 valence electrons. The number of fused-ring (bicyclic) bond motifs is 1. The molecule has 4 nitrogen and oxygen atoms in total. The van der Waals surface area contributed by atoms with Gasteiger partial charge in [-0.2, -0.15) is 0 Å². The molecule has 3 unspecified atom stereocenters. The molecule has 3 atom stereocenters. The summed E-state index contributed by atoms with van der Waals surface area (Å²) in [7, 11) is 0. The van der Waals surface area contributed by atoms with E-state index in [-0.39, 0.29) is 0 Å². The zero-order valence-electron chi connectivity index (χ0n) is 13.0. The molecule has 2 heterocycles. The topological polar surface area (TPSA) is 47.7 Å². The lowest BCUT2D eigenvalue weighted by atomic mass is 10.0. The lowest BCUT2D eigenvalue weighted by Gasteiger charge is -2.25. The van der Waals surface area contributed by atoms with Crippen LogP contribution in [0.3, 0.4) is 0 Å². The highest BCUT2D eigenvalue weighted by Gasteiger charge is 2.27. The summed E-state index contributed by atoms with van der Waals surface area (Å²) < 4.78 is 10.8. The van der Waals surface area contributed by atoms with Crippen LogP contribution >= 0.6 is 0 Å². The molecular weight excluding hydrogens is 264 g/mol. The molecule has 0 radical (unpaired) electrons. The van der Waals surface area contributed by atoms with Crippen LogP contribution in [-0.4, -0.2) is 36.9 Å². The minimum Gasteiger partial charge on any atom is -0.454 e. The van der Waals surface area contributed by atoms with Crippen molar-refractivity contribution in [2.45, 2.75) is 45.2 Å². The number of hydrogen-bond acceptors (Lipinski definition) is 4. The average molecular weight is 290 g/mol. The lowest BCUT2D eigenvalue weighted by molar-refractivity contribution is 0.174. The first-order valence-corrected chi connectivity index (χ1v) is 8.01. The van der Waals surface area contributed by atoms with E-state index in [9.17, 15) is 0 Å². The molecule has 0 aromatic heterocycles. The molecule has 0 amide bonds. The second kappa shape index (κ2) is 6.24. The van der Waals surface area contributed by atoms with Gasteiger partial charge >= 0.3 is 0 Å². The molecule has 1 aromatic carbocycles. The molecule has 2 aliphatic heterocycles. The van der Waals surface area contributed by atoms with Crippen LogP contribution in [0, 0.1) is 5.92 Å². The second-order valence-electron chi connectivity index (χ2n) is 6.48. The Morgan fingerprint density at radius 3 is 2.86 bits per heavy atom. The van der Waals surface area contributed by atoms with E-state index in [1.54, 1.807) is 0 Å². The smallest absolute Gasteiger partial charge is 0.231 e. The molecule has 3 rings (SSSR count). The summed E-state index contributed by atoms with van der Waals surface area (Å²) >= 11 is 0. The van der Waals surface area contributed by atoms with Crippen molar-refractivity contribution >= 4 is 0 Å². The van der Waals surface area contributed by atoms with Crippen LogP contribution < -0.4 is 15.2 Å². The number of aryl methyl sites for hydroxylation is 1. The van der Waals surface area contributed by atoms with Gasteiger partial charge in [0, 0.05) is 18.6 Å². The molecule has 1 aromatic rings. The molecule has 0 spiro atoms. The van der Waals surface area contributed by atoms with E-state index in [4.69, 9.17) is 15.2 Å². The first kappa shape index (κ1) is 14.7. The number of rotatable bonds is 5. The maximum Gasteiger partial charge on any atom is 0.231 e. The van der Waals surface area contributed by atoms with E-state index in [0.717, 1.165) is 24.5 Å². The highest BCUT2D eigenvalue weighted by atomic mass is 16.7. The molecular formula is C17H26N2O2. The van der Waals surface area contributed by atoms with E-state index in [0.29, 0.717) is 24.8 Å². The van der Waals surface area contributed by atoms with Crippen LogP contribution in [0.1, 0.15) is 32.3 Å². The van der Waals surface area contributed by atoms with E-state index < -0.39 is 0 Å². The third-order valence-electron chi connectivity index (χ3n) is 4.91. The molecule has 1 saturated heterocycles. The zero-order chi connectivity index (χ0) is 14.8. The van der Waals surface area contributed by atoms with Crippen molar-refractivity contribution in [1.29, 1.82) is 0 Å². The molecule has 0 aliphatic carbocycles. The predicted octanol–water partition coefficient (Wildman–Crippen LogP) is 2.41. The predicted molar refractivity (Wildman–Crippen MR) is 83.7 cm³/mol. The van der Waals surface area contributed by atoms with Gasteiger partial charge in [0.15, 0.2) is 11.5 Å². The van der Waals surface area contributed by atoms with Gasteiger partial charge in [0.1, 0.15) is 0 Å². The van der Waals surface area contributed by atoms with Crippen molar-refractivity contribution in [2.75, 3.05) is 19.9 Å². The van der Waals surface area contributed by atoms with Gasteiger partial charge in [0.2, 0.25) is 6.79 Å². The van der Waals surface area contributed by atoms with Gasteiger partial charge in [0.25, 0.3) is 0 Å². The van der Waals surface area contributed by atoms with Gasteiger partial charge in [-0.3, -0.25) is 0 Å². The highest BCUT2D eigenvalue weighted by Crippen LogP contribution is 2.33. The fourth-order valence-corrected chi connectivity index (χ4v) is 3.30. The Labute approximate surface area is 127 Å². The van der Waals surface area contributed by atoms with E-state index >= 15 is 0 Å². The zero-order valence-corrected chi connectivity index (χ0v) is 13.0. The Hall–Kier alpha value is -1.26. The van der Waals surface area contributed by atoms with Gasteiger partial charge in [-0.1, -0.05) is 6.07 Å². The minimum absolute atomic E-state index is 0.316. The van der Waals surface area contributed by atoms with Gasteiger partial charge in [-0.25, -0.2) is 0 Å². The van der Waals surface area contributed by atoms with Crippen molar-refractivity contribution in [1.82, 2.24) is 4.90 Å². The summed E-state index contributed by atoms with van der Waals surface area (Å²) in [6, 6.07) is 7.21. The van der Waals surface area contributed by atoms with Crippen molar-refractivity contribution in [3.05, 3.63) is 23.8 Å². The summed E-state index contributed by atoms with van der Waals surface area (Å²) in [5.74, 6) is 2.42. The van der Waals surface area contributed by atoms with Crippen molar-refractivity contribution in [3.8, 4) is 11.5 Å². The largest absolute Gasteiger partial charge is 0.454 e. The van der Waals surface area contributed by atoms with Crippen LogP contribution in [-0.2, 0) is 6.42 Å². The lowest BCUT2D eigenvalue weighted by Crippen LogP contribution is -2.34. The number of nitrogens with zero attached hydrogens (tertiary/aromatic N) is 1. The molecule has 0 saturated carbocycles. The van der Waals surface area contributed by atoms with E-state index in [2.05, 4.69) is 30.9 Å². The summed E-state index contributed by atoms with van der Waals surface area (Å²) in [5, 5.41) is 0. The SMILES string of the molecule is CC(N)C1CCN(C(C)CCc2ccc3c(c2)OCO3)C1. The third kappa shape index (κ3) is 3.33. The molecule has 4 heteroatoms. The number of likely N-dealkylation sites (tertiary alicyclic amines) is 1. The Bertz CT molecular complexity index is 490. The van der Waals surface area contributed by atoms with Crippen LogP contribution in [0.2, 0.25) is 0 Å². The van der Waals surface area contributed by atoms with Crippen molar-refractivity contribution in [3.63, 3.8) is 0 Å². The van der Waals surface area contributed by atoms with Crippen LogP contribution in [0.4, 0.5) is 0 Å². The maximum absolute atomic E-state index is 6.02. The van der Waals surface area contributed by atoms with Crippen LogP contribution in [0.25, 0.3) is 0 Å². The molecule has 2 aliphatic rings. The highest BCUT2D eigenvalue weighted by molar-refractivity contribution is 5.44. The Balaban J connectivity index is 1.51. The Kier molecular flexibility index (Phi) is 4.36. The quantitative estimate of drug-likeness (QED) is 0.904. The van der Waals surface area contributed by atoms with Gasteiger partial charge in [-0.05, 0) is 63.3 Å². The maximum atomic E-state index is 6.02. The molecule has 2 N–H and O–H groups in total. The normalized spacial score (nSPS) is 24.2. The fraction of sp³-hybridized carbons (Fsp3) is 0.647. The minimum atomic E-state index is 0.316. The van der Waals surface area contributed by atoms with E-state index in [1.807, 2.05) is 6.07 Å². The van der Waals surface area contributed by atoms with Crippen molar-refractivity contribution < 1.29 is 9.47 Å². The Morgan fingerprint density at radius 1 is 1.29 bits per heavy atom. The van der Waals surface area contributed by atoms with Crippen molar-refractivity contribution in [2.24, 2.45) is 11.7 Å². The number of nitrogens with two attached hydrogens (primary N) is 1. The first-order chi connectivity index (χ1) is 10.1. The van der Waals surface area contributed by atoms with Gasteiger partial charge in [-0.15, -0.1) is 0 Å². The number of ether oxygens (including phenoxy) is 2. The monoisotopic (exact) mass is 290 g/mol. The molecule has 1 fully saturated rings. The van der Waals surface area contributed by atoms with Gasteiger partial charge < -0.3 is 20.1 Å². The van der Waals surface area contributed by atoms with Crippen LogP contribution in [0.5, 0.6) is 11.5 Å². The van der Waals surface area contributed by atoms with Crippen LogP contribution in [0.15, 0.2) is 18.2 Å². The fourth-order valence-electron chi connectivity index (χ4n) is 3.30. The van der Waals surface area contributed by atoms with Gasteiger partial charge in [0.05, 0.1) is 0 Å². The molecule has 21 heavy (non-hydrogen) atoms. The summed E-state index contributed by atoms with van der Waals surface area (Å²) in [6.45, 7) is 7.15. The van der Waals surface area contributed by atoms with E-state index in [1.165, 1.54) is 24.9 Å². The molecule has 0 bridgehead atoms. The number of benzene rings is 1. The summed E-state index contributed by atoms with van der Waals surface area (Å²) in [4.78, 5) is 2.58. The third-order valence-corrected chi connectivity index (χ3v) is 4.91. The number of hydrogen-bond donors (Lipinski definition) is 1. The standard InChI is InChI=1S/C17H26N2O2/c1-12(19-8-7-15(10-19)13(2)18)3-4-14-5-6-16-17(9-14)21-11-20-16/h5-6,9,12-13,15H,3-4,7-8,10-11,18H2,1-2H3. The summed E-state index contributed by atoms with van der Waals surface area (Å²) in [6.07, 6.45) is 3.49. The summed E-state index contributed by atoms with van der Waals surface area (Å²) in [5.41, 5.74) is 7.35.